The van der Waals surface area contributed by atoms with Crippen LogP contribution in [0.15, 0.2) is 0 Å². The second-order valence-electron chi connectivity index (χ2n) is 6.85. The molecule has 0 aromatic rings. The van der Waals surface area contributed by atoms with E-state index in [1.54, 1.807) is 0 Å². The van der Waals surface area contributed by atoms with E-state index in [1.807, 2.05) is 0 Å². The highest BCUT2D eigenvalue weighted by Gasteiger charge is 2.32. The van der Waals surface area contributed by atoms with Crippen LogP contribution < -0.4 is 5.32 Å². The number of hydrogen-bond donors (Lipinski definition) is 1. The Morgan fingerprint density at radius 2 is 1.93 bits per heavy atom. The highest BCUT2D eigenvalue weighted by Crippen LogP contribution is 2.24. The van der Waals surface area contributed by atoms with E-state index in [9.17, 15) is 0 Å². The molecule has 1 rings (SSSR count). The Hall–Kier alpha value is -0.0800. The van der Waals surface area contributed by atoms with Gasteiger partial charge in [-0.05, 0) is 39.2 Å². The third kappa shape index (κ3) is 4.12. The van der Waals surface area contributed by atoms with Crippen LogP contribution in [0.1, 0.15) is 48.0 Å². The fourth-order valence-electron chi connectivity index (χ4n) is 2.04. The molecule has 0 spiro atoms. The monoisotopic (exact) mass is 212 g/mol. The second-order valence-corrected chi connectivity index (χ2v) is 6.85. The lowest BCUT2D eigenvalue weighted by atomic mass is 9.90. The smallest absolute Gasteiger partial charge is 0.0278 e. The van der Waals surface area contributed by atoms with E-state index in [2.05, 4.69) is 51.8 Å². The molecule has 2 nitrogen and oxygen atoms in total. The average molecular weight is 212 g/mol. The van der Waals surface area contributed by atoms with Crippen molar-refractivity contribution in [3.8, 4) is 0 Å². The van der Waals surface area contributed by atoms with Crippen LogP contribution in [0, 0.1) is 5.41 Å². The lowest BCUT2D eigenvalue weighted by Crippen LogP contribution is -2.61. The quantitative estimate of drug-likeness (QED) is 0.756. The molecule has 15 heavy (non-hydrogen) atoms. The van der Waals surface area contributed by atoms with Crippen LogP contribution in [-0.2, 0) is 0 Å². The summed E-state index contributed by atoms with van der Waals surface area (Å²) >= 11 is 0. The average Bonchev–Trinajstić information content (AvgIpc) is 2.05. The molecule has 1 aliphatic heterocycles. The van der Waals surface area contributed by atoms with E-state index in [0.29, 0.717) is 17.0 Å². The predicted molar refractivity (Wildman–Crippen MR) is 67.2 cm³/mol. The molecule has 0 aliphatic carbocycles. The Morgan fingerprint density at radius 3 is 2.47 bits per heavy atom. The van der Waals surface area contributed by atoms with Crippen molar-refractivity contribution < 1.29 is 0 Å². The minimum absolute atomic E-state index is 0.317. The van der Waals surface area contributed by atoms with E-state index in [0.717, 1.165) is 6.54 Å². The molecule has 1 fully saturated rings. The summed E-state index contributed by atoms with van der Waals surface area (Å²) < 4.78 is 0. The van der Waals surface area contributed by atoms with Gasteiger partial charge in [0.05, 0.1) is 0 Å². The number of nitrogens with one attached hydrogen (secondary N) is 1. The second kappa shape index (κ2) is 4.42. The largest absolute Gasteiger partial charge is 0.311 e. The molecule has 0 bridgehead atoms. The molecule has 1 N–H and O–H groups in total. The van der Waals surface area contributed by atoms with Crippen LogP contribution in [0.2, 0.25) is 0 Å². The summed E-state index contributed by atoms with van der Waals surface area (Å²) in [5, 5.41) is 3.56. The van der Waals surface area contributed by atoms with Gasteiger partial charge in [-0.3, -0.25) is 4.90 Å². The van der Waals surface area contributed by atoms with Crippen molar-refractivity contribution in [1.29, 1.82) is 0 Å². The fourth-order valence-corrected chi connectivity index (χ4v) is 2.04. The summed E-state index contributed by atoms with van der Waals surface area (Å²) in [5.41, 5.74) is 0.766. The van der Waals surface area contributed by atoms with Gasteiger partial charge in [0.25, 0.3) is 0 Å². The standard InChI is InChI=1S/C13H28N2/c1-11-9-15(8-7-12(2,3)4)13(5,6)10-14-11/h11,14H,7-10H2,1-6H3. The molecule has 2 heteroatoms. The first-order valence-corrected chi connectivity index (χ1v) is 6.19. The maximum absolute atomic E-state index is 3.56. The Kier molecular flexibility index (Phi) is 3.83. The number of rotatable bonds is 2. The van der Waals surface area contributed by atoms with Crippen LogP contribution in [-0.4, -0.2) is 36.1 Å². The van der Waals surface area contributed by atoms with E-state index in [-0.39, 0.29) is 0 Å². The molecule has 90 valence electrons. The lowest BCUT2D eigenvalue weighted by molar-refractivity contribution is 0.0596. The first kappa shape index (κ1) is 13.0. The fraction of sp³-hybridized carbons (Fsp3) is 1.00. The summed E-state index contributed by atoms with van der Waals surface area (Å²) in [6, 6.07) is 0.637. The van der Waals surface area contributed by atoms with Crippen molar-refractivity contribution >= 4 is 0 Å². The molecule has 0 aromatic heterocycles. The third-order valence-electron chi connectivity index (χ3n) is 3.37. The van der Waals surface area contributed by atoms with Gasteiger partial charge in [0.1, 0.15) is 0 Å². The van der Waals surface area contributed by atoms with Gasteiger partial charge in [-0.1, -0.05) is 20.8 Å². The van der Waals surface area contributed by atoms with Gasteiger partial charge in [0.15, 0.2) is 0 Å². The molecule has 1 unspecified atom stereocenters. The van der Waals surface area contributed by atoms with E-state index in [1.165, 1.54) is 19.5 Å². The molecular formula is C13H28N2. The van der Waals surface area contributed by atoms with Crippen LogP contribution in [0.5, 0.6) is 0 Å². The molecule has 1 heterocycles. The minimum Gasteiger partial charge on any atom is -0.311 e. The van der Waals surface area contributed by atoms with Gasteiger partial charge in [-0.25, -0.2) is 0 Å². The maximum Gasteiger partial charge on any atom is 0.0278 e. The third-order valence-corrected chi connectivity index (χ3v) is 3.37. The summed E-state index contributed by atoms with van der Waals surface area (Å²) in [4.78, 5) is 2.64. The molecule has 0 amide bonds. The normalized spacial score (nSPS) is 28.0. The van der Waals surface area contributed by atoms with Crippen molar-refractivity contribution in [3.05, 3.63) is 0 Å². The molecule has 1 atom stereocenters. The van der Waals surface area contributed by atoms with Crippen LogP contribution in [0.3, 0.4) is 0 Å². The van der Waals surface area contributed by atoms with Crippen LogP contribution >= 0.6 is 0 Å². The topological polar surface area (TPSA) is 15.3 Å². The van der Waals surface area contributed by atoms with Crippen molar-refractivity contribution in [3.63, 3.8) is 0 Å². The number of hydrogen-bond acceptors (Lipinski definition) is 2. The molecular weight excluding hydrogens is 184 g/mol. The molecule has 0 saturated carbocycles. The van der Waals surface area contributed by atoms with Gasteiger partial charge < -0.3 is 5.32 Å². The first-order valence-electron chi connectivity index (χ1n) is 6.19. The number of piperazine rings is 1. The summed E-state index contributed by atoms with van der Waals surface area (Å²) in [7, 11) is 0. The van der Waals surface area contributed by atoms with Gasteiger partial charge in [-0.15, -0.1) is 0 Å². The van der Waals surface area contributed by atoms with Gasteiger partial charge in [-0.2, -0.15) is 0 Å². The van der Waals surface area contributed by atoms with Crippen molar-refractivity contribution in [1.82, 2.24) is 10.2 Å². The number of nitrogens with zero attached hydrogens (tertiary/aromatic N) is 1. The Labute approximate surface area is 95.4 Å². The van der Waals surface area contributed by atoms with Crippen molar-refractivity contribution in [2.75, 3.05) is 19.6 Å². The Morgan fingerprint density at radius 1 is 1.33 bits per heavy atom. The summed E-state index contributed by atoms with van der Waals surface area (Å²) in [6.45, 7) is 17.5. The zero-order chi connectivity index (χ0) is 11.7. The van der Waals surface area contributed by atoms with Crippen LogP contribution in [0.25, 0.3) is 0 Å². The molecule has 0 radical (unpaired) electrons. The summed E-state index contributed by atoms with van der Waals surface area (Å²) in [6.07, 6.45) is 1.28. The maximum atomic E-state index is 3.56. The Balaban J connectivity index is 2.50. The molecule has 0 aromatic carbocycles. The van der Waals surface area contributed by atoms with Crippen LogP contribution in [0.4, 0.5) is 0 Å². The van der Waals surface area contributed by atoms with Crippen molar-refractivity contribution in [2.24, 2.45) is 5.41 Å². The SMILES string of the molecule is CC1CN(CCC(C)(C)C)C(C)(C)CN1. The zero-order valence-electron chi connectivity index (χ0n) is 11.4. The van der Waals surface area contributed by atoms with E-state index in [4.69, 9.17) is 0 Å². The minimum atomic E-state index is 0.317. The highest BCUT2D eigenvalue weighted by atomic mass is 15.3. The first-order chi connectivity index (χ1) is 6.71. The van der Waals surface area contributed by atoms with Gasteiger partial charge in [0.2, 0.25) is 0 Å². The van der Waals surface area contributed by atoms with Gasteiger partial charge >= 0.3 is 0 Å². The summed E-state index contributed by atoms with van der Waals surface area (Å²) in [5.74, 6) is 0. The predicted octanol–water partition coefficient (Wildman–Crippen LogP) is 2.49. The van der Waals surface area contributed by atoms with E-state index >= 15 is 0 Å². The molecule has 1 aliphatic rings. The highest BCUT2D eigenvalue weighted by molar-refractivity contribution is 4.91. The van der Waals surface area contributed by atoms with E-state index < -0.39 is 0 Å². The van der Waals surface area contributed by atoms with Gasteiger partial charge in [0, 0.05) is 24.7 Å². The lowest BCUT2D eigenvalue weighted by Gasteiger charge is -2.46. The van der Waals surface area contributed by atoms with Crippen molar-refractivity contribution in [2.45, 2.75) is 59.5 Å². The Bertz CT molecular complexity index is 203. The zero-order valence-corrected chi connectivity index (χ0v) is 11.4. The molecule has 1 saturated heterocycles.